The van der Waals surface area contributed by atoms with E-state index >= 15 is 0 Å². The fraction of sp³-hybridized carbons (Fsp3) is 0.500. The molecule has 3 aliphatic heterocycles. The number of amidine groups is 1. The number of hydrogen-bond donors (Lipinski definition) is 1. The van der Waals surface area contributed by atoms with Gasteiger partial charge in [0.15, 0.2) is 12.3 Å². The number of aliphatic imine (C=N–C) groups is 1. The minimum absolute atomic E-state index is 0.177. The van der Waals surface area contributed by atoms with Crippen LogP contribution in [-0.4, -0.2) is 41.4 Å². The van der Waals surface area contributed by atoms with Crippen LogP contribution in [0.3, 0.4) is 0 Å². The van der Waals surface area contributed by atoms with E-state index in [1.54, 1.807) is 0 Å². The summed E-state index contributed by atoms with van der Waals surface area (Å²) in [4.78, 5) is 6.29. The first-order chi connectivity index (χ1) is 11.2. The van der Waals surface area contributed by atoms with Gasteiger partial charge in [-0.2, -0.15) is 4.99 Å². The molecule has 1 saturated heterocycles. The fourth-order valence-corrected chi connectivity index (χ4v) is 3.70. The Balaban J connectivity index is 1.45. The van der Waals surface area contributed by atoms with Crippen LogP contribution in [0.25, 0.3) is 0 Å². The predicted octanol–water partition coefficient (Wildman–Crippen LogP) is 1.60. The van der Waals surface area contributed by atoms with Crippen molar-refractivity contribution in [3.8, 4) is 12.3 Å². The van der Waals surface area contributed by atoms with E-state index in [1.165, 1.54) is 11.1 Å². The molecule has 5 heteroatoms. The van der Waals surface area contributed by atoms with Gasteiger partial charge < -0.3 is 19.5 Å². The summed E-state index contributed by atoms with van der Waals surface area (Å²) in [6.45, 7) is 2.28. The maximum atomic E-state index is 9.90. The second kappa shape index (κ2) is 5.55. The summed E-state index contributed by atoms with van der Waals surface area (Å²) in [5.41, 5.74) is 2.43. The van der Waals surface area contributed by atoms with Gasteiger partial charge in [0, 0.05) is 13.1 Å². The molecule has 4 rings (SSSR count). The number of benzene rings is 1. The van der Waals surface area contributed by atoms with E-state index in [-0.39, 0.29) is 5.60 Å². The molecule has 1 spiro atoms. The SMILES string of the molecule is C#CCC1OC(N2CCC3(CC2)OCc2ccccc23)=NC1O. The molecule has 0 aliphatic carbocycles. The van der Waals surface area contributed by atoms with Gasteiger partial charge in [0.2, 0.25) is 0 Å². The minimum atomic E-state index is -0.861. The number of rotatable bonds is 1. The Morgan fingerprint density at radius 1 is 1.35 bits per heavy atom. The van der Waals surface area contributed by atoms with Gasteiger partial charge >= 0.3 is 0 Å². The molecule has 3 aliphatic rings. The highest BCUT2D eigenvalue weighted by Gasteiger charge is 2.44. The smallest absolute Gasteiger partial charge is 0.290 e. The summed E-state index contributed by atoms with van der Waals surface area (Å²) < 4.78 is 11.9. The largest absolute Gasteiger partial charge is 0.456 e. The first kappa shape index (κ1) is 14.6. The molecular formula is C18H20N2O3. The summed E-state index contributed by atoms with van der Waals surface area (Å²) in [5.74, 6) is 2.52. The highest BCUT2D eigenvalue weighted by molar-refractivity contribution is 5.76. The highest BCUT2D eigenvalue weighted by Crippen LogP contribution is 2.44. The summed E-state index contributed by atoms with van der Waals surface area (Å²) in [6, 6.07) is 8.96. The number of terminal acetylenes is 1. The Morgan fingerprint density at radius 3 is 2.91 bits per heavy atom. The monoisotopic (exact) mass is 312 g/mol. The lowest BCUT2D eigenvalue weighted by atomic mass is 9.84. The van der Waals surface area contributed by atoms with E-state index in [4.69, 9.17) is 15.9 Å². The van der Waals surface area contributed by atoms with E-state index in [1.807, 2.05) is 0 Å². The van der Waals surface area contributed by atoms with E-state index in [2.05, 4.69) is 40.1 Å². The average molecular weight is 312 g/mol. The Morgan fingerprint density at radius 2 is 2.13 bits per heavy atom. The Kier molecular flexibility index (Phi) is 3.51. The molecule has 1 aromatic carbocycles. The molecule has 2 atom stereocenters. The average Bonchev–Trinajstić information content (AvgIpc) is 3.12. The van der Waals surface area contributed by atoms with Gasteiger partial charge in [-0.15, -0.1) is 12.3 Å². The number of aliphatic hydroxyl groups is 1. The van der Waals surface area contributed by atoms with Crippen molar-refractivity contribution in [1.82, 2.24) is 4.90 Å². The fourth-order valence-electron chi connectivity index (χ4n) is 3.70. The van der Waals surface area contributed by atoms with Crippen molar-refractivity contribution in [3.63, 3.8) is 0 Å². The van der Waals surface area contributed by atoms with Crippen LogP contribution in [0.15, 0.2) is 29.3 Å². The number of ether oxygens (including phenoxy) is 2. The van der Waals surface area contributed by atoms with Crippen LogP contribution in [-0.2, 0) is 21.7 Å². The van der Waals surface area contributed by atoms with E-state index in [9.17, 15) is 5.11 Å². The molecule has 0 amide bonds. The van der Waals surface area contributed by atoms with Gasteiger partial charge in [-0.05, 0) is 24.0 Å². The highest BCUT2D eigenvalue weighted by atomic mass is 16.5. The van der Waals surface area contributed by atoms with Crippen LogP contribution in [0.5, 0.6) is 0 Å². The topological polar surface area (TPSA) is 54.3 Å². The second-order valence-corrected chi connectivity index (χ2v) is 6.32. The van der Waals surface area contributed by atoms with Crippen molar-refractivity contribution < 1.29 is 14.6 Å². The summed E-state index contributed by atoms with van der Waals surface area (Å²) >= 11 is 0. The van der Waals surface area contributed by atoms with Crippen molar-refractivity contribution in [1.29, 1.82) is 0 Å². The lowest BCUT2D eigenvalue weighted by Gasteiger charge is -2.39. The molecular weight excluding hydrogens is 292 g/mol. The number of aliphatic hydroxyl groups excluding tert-OH is 1. The molecule has 23 heavy (non-hydrogen) atoms. The molecule has 3 heterocycles. The normalized spacial score (nSPS) is 28.2. The van der Waals surface area contributed by atoms with Gasteiger partial charge in [-0.25, -0.2) is 0 Å². The number of piperidine rings is 1. The third-order valence-electron chi connectivity index (χ3n) is 5.00. The maximum absolute atomic E-state index is 9.90. The minimum Gasteiger partial charge on any atom is -0.456 e. The second-order valence-electron chi connectivity index (χ2n) is 6.32. The van der Waals surface area contributed by atoms with Gasteiger partial charge in [0.1, 0.15) is 0 Å². The first-order valence-corrected chi connectivity index (χ1v) is 8.05. The van der Waals surface area contributed by atoms with E-state index in [0.29, 0.717) is 19.0 Å². The standard InChI is InChI=1S/C18H20N2O3/c1-2-5-15-16(21)19-17(23-15)20-10-8-18(9-11-20)14-7-4-3-6-13(14)12-22-18/h1,3-4,6-7,15-16,21H,5,8-12H2. The van der Waals surface area contributed by atoms with Crippen LogP contribution >= 0.6 is 0 Å². The number of nitrogens with zero attached hydrogens (tertiary/aromatic N) is 2. The van der Waals surface area contributed by atoms with Crippen molar-refractivity contribution in [2.24, 2.45) is 4.99 Å². The summed E-state index contributed by atoms with van der Waals surface area (Å²) in [7, 11) is 0. The van der Waals surface area contributed by atoms with Crippen molar-refractivity contribution in [2.75, 3.05) is 13.1 Å². The molecule has 0 aromatic heterocycles. The molecule has 1 fully saturated rings. The molecule has 1 aromatic rings. The van der Waals surface area contributed by atoms with Crippen LogP contribution in [0.2, 0.25) is 0 Å². The Hall–Kier alpha value is -2.03. The van der Waals surface area contributed by atoms with E-state index < -0.39 is 12.3 Å². The van der Waals surface area contributed by atoms with Gasteiger partial charge in [0.25, 0.3) is 6.02 Å². The Labute approximate surface area is 135 Å². The molecule has 0 bridgehead atoms. The zero-order chi connectivity index (χ0) is 15.9. The summed E-state index contributed by atoms with van der Waals surface area (Å²) in [6.07, 6.45) is 6.16. The van der Waals surface area contributed by atoms with Crippen LogP contribution < -0.4 is 0 Å². The molecule has 1 N–H and O–H groups in total. The van der Waals surface area contributed by atoms with Crippen molar-refractivity contribution in [2.45, 2.75) is 43.8 Å². The van der Waals surface area contributed by atoms with Gasteiger partial charge in [-0.3, -0.25) is 0 Å². The van der Waals surface area contributed by atoms with Crippen LogP contribution in [0.4, 0.5) is 0 Å². The quantitative estimate of drug-likeness (QED) is 0.801. The van der Waals surface area contributed by atoms with Gasteiger partial charge in [-0.1, -0.05) is 24.3 Å². The lowest BCUT2D eigenvalue weighted by molar-refractivity contribution is -0.0730. The lowest BCUT2D eigenvalue weighted by Crippen LogP contribution is -2.45. The van der Waals surface area contributed by atoms with Crippen LogP contribution in [0, 0.1) is 12.3 Å². The van der Waals surface area contributed by atoms with Crippen LogP contribution in [0.1, 0.15) is 30.4 Å². The third-order valence-corrected chi connectivity index (χ3v) is 5.00. The number of likely N-dealkylation sites (tertiary alicyclic amines) is 1. The molecule has 0 saturated carbocycles. The number of fused-ring (bicyclic) bond motifs is 2. The third kappa shape index (κ3) is 2.39. The predicted molar refractivity (Wildman–Crippen MR) is 85.5 cm³/mol. The van der Waals surface area contributed by atoms with Crippen molar-refractivity contribution in [3.05, 3.63) is 35.4 Å². The Bertz CT molecular complexity index is 671. The summed E-state index contributed by atoms with van der Waals surface area (Å²) in [5, 5.41) is 9.90. The van der Waals surface area contributed by atoms with Crippen molar-refractivity contribution >= 4 is 6.02 Å². The molecule has 2 unspecified atom stereocenters. The zero-order valence-corrected chi connectivity index (χ0v) is 12.9. The first-order valence-electron chi connectivity index (χ1n) is 8.05. The molecule has 5 nitrogen and oxygen atoms in total. The maximum Gasteiger partial charge on any atom is 0.290 e. The van der Waals surface area contributed by atoms with Gasteiger partial charge in [0.05, 0.1) is 18.6 Å². The van der Waals surface area contributed by atoms with E-state index in [0.717, 1.165) is 25.9 Å². The number of hydrogen-bond acceptors (Lipinski definition) is 5. The zero-order valence-electron chi connectivity index (χ0n) is 12.9. The molecule has 0 radical (unpaired) electrons. The molecule has 120 valence electrons.